The fraction of sp³-hybridized carbons (Fsp3) is 0.938. The van der Waals surface area contributed by atoms with Crippen LogP contribution in [0.15, 0.2) is 4.99 Å². The Hall–Kier alpha value is -0.0800. The van der Waals surface area contributed by atoms with E-state index in [1.165, 1.54) is 32.1 Å². The lowest BCUT2D eigenvalue weighted by atomic mass is 10.2. The molecular formula is C16H36IN3O2. The van der Waals surface area contributed by atoms with Crippen molar-refractivity contribution in [2.75, 3.05) is 46.6 Å². The van der Waals surface area contributed by atoms with E-state index in [0.717, 1.165) is 32.1 Å². The summed E-state index contributed by atoms with van der Waals surface area (Å²) in [5.74, 6) is 0.856. The van der Waals surface area contributed by atoms with Crippen LogP contribution in [0.25, 0.3) is 0 Å². The molecule has 0 saturated heterocycles. The first-order chi connectivity index (χ1) is 10.3. The number of guanidine groups is 1. The van der Waals surface area contributed by atoms with Crippen molar-refractivity contribution in [3.63, 3.8) is 0 Å². The average Bonchev–Trinajstić information content (AvgIpc) is 2.51. The summed E-state index contributed by atoms with van der Waals surface area (Å²) < 4.78 is 10.9. The number of hydrogen-bond acceptors (Lipinski definition) is 3. The SMILES string of the molecule is CCCCCCNC(=NC)NCCOCCOCCCC.I. The smallest absolute Gasteiger partial charge is 0.191 e. The Balaban J connectivity index is 0. The van der Waals surface area contributed by atoms with E-state index in [4.69, 9.17) is 9.47 Å². The zero-order chi connectivity index (χ0) is 15.6. The summed E-state index contributed by atoms with van der Waals surface area (Å²) in [5, 5.41) is 6.56. The van der Waals surface area contributed by atoms with E-state index in [2.05, 4.69) is 29.5 Å². The van der Waals surface area contributed by atoms with Crippen molar-refractivity contribution in [3.05, 3.63) is 0 Å². The number of halogens is 1. The van der Waals surface area contributed by atoms with E-state index in [1.54, 1.807) is 7.05 Å². The van der Waals surface area contributed by atoms with Crippen LogP contribution in [0.4, 0.5) is 0 Å². The van der Waals surface area contributed by atoms with E-state index in [-0.39, 0.29) is 24.0 Å². The van der Waals surface area contributed by atoms with Crippen LogP contribution < -0.4 is 10.6 Å². The van der Waals surface area contributed by atoms with Crippen LogP contribution in [0.2, 0.25) is 0 Å². The van der Waals surface area contributed by atoms with Gasteiger partial charge in [-0.25, -0.2) is 0 Å². The molecule has 0 bridgehead atoms. The Kier molecular flexibility index (Phi) is 23.0. The van der Waals surface area contributed by atoms with Crippen LogP contribution in [0, 0.1) is 0 Å². The number of nitrogens with zero attached hydrogens (tertiary/aromatic N) is 1. The minimum absolute atomic E-state index is 0. The molecule has 0 aromatic carbocycles. The Morgan fingerprint density at radius 3 is 2.05 bits per heavy atom. The standard InChI is InChI=1S/C16H35N3O2.HI/c1-4-6-8-9-10-18-16(17-3)19-11-13-21-15-14-20-12-7-5-2;/h4-15H2,1-3H3,(H2,17,18,19);1H. The zero-order valence-corrected chi connectivity index (χ0v) is 17.0. The van der Waals surface area contributed by atoms with Crippen molar-refractivity contribution in [2.45, 2.75) is 52.4 Å². The lowest BCUT2D eigenvalue weighted by molar-refractivity contribution is 0.0487. The largest absolute Gasteiger partial charge is 0.379 e. The molecule has 0 radical (unpaired) electrons. The average molecular weight is 429 g/mol. The van der Waals surface area contributed by atoms with E-state index in [9.17, 15) is 0 Å². The highest BCUT2D eigenvalue weighted by atomic mass is 127. The number of aliphatic imine (C=N–C) groups is 1. The summed E-state index contributed by atoms with van der Waals surface area (Å²) in [7, 11) is 1.80. The third kappa shape index (κ3) is 18.0. The summed E-state index contributed by atoms with van der Waals surface area (Å²) in [5.41, 5.74) is 0. The molecule has 134 valence electrons. The van der Waals surface area contributed by atoms with Crippen LogP contribution in [0.1, 0.15) is 52.4 Å². The second-order valence-corrected chi connectivity index (χ2v) is 5.06. The maximum Gasteiger partial charge on any atom is 0.191 e. The molecule has 0 aromatic heterocycles. The van der Waals surface area contributed by atoms with Crippen LogP contribution in [-0.2, 0) is 9.47 Å². The first-order valence-corrected chi connectivity index (χ1v) is 8.45. The minimum Gasteiger partial charge on any atom is -0.379 e. The summed E-state index contributed by atoms with van der Waals surface area (Å²) in [6.07, 6.45) is 7.35. The second-order valence-electron chi connectivity index (χ2n) is 5.06. The highest BCUT2D eigenvalue weighted by molar-refractivity contribution is 14.0. The van der Waals surface area contributed by atoms with E-state index in [0.29, 0.717) is 19.8 Å². The van der Waals surface area contributed by atoms with E-state index >= 15 is 0 Å². The van der Waals surface area contributed by atoms with Crippen molar-refractivity contribution >= 4 is 29.9 Å². The van der Waals surface area contributed by atoms with Gasteiger partial charge < -0.3 is 20.1 Å². The maximum absolute atomic E-state index is 5.50. The molecule has 0 amide bonds. The lowest BCUT2D eigenvalue weighted by Gasteiger charge is -2.12. The molecule has 0 fully saturated rings. The molecule has 0 heterocycles. The Morgan fingerprint density at radius 2 is 1.41 bits per heavy atom. The molecule has 22 heavy (non-hydrogen) atoms. The zero-order valence-electron chi connectivity index (χ0n) is 14.7. The predicted molar refractivity (Wildman–Crippen MR) is 105 cm³/mol. The molecule has 2 N–H and O–H groups in total. The predicted octanol–water partition coefficient (Wildman–Crippen LogP) is 3.18. The Bertz CT molecular complexity index is 241. The molecule has 0 rings (SSSR count). The van der Waals surface area contributed by atoms with Gasteiger partial charge in [-0.3, -0.25) is 4.99 Å². The van der Waals surface area contributed by atoms with Gasteiger partial charge in [0.05, 0.1) is 19.8 Å². The minimum atomic E-state index is 0. The molecular weight excluding hydrogens is 393 g/mol. The van der Waals surface area contributed by atoms with Crippen molar-refractivity contribution in [2.24, 2.45) is 4.99 Å². The van der Waals surface area contributed by atoms with E-state index < -0.39 is 0 Å². The van der Waals surface area contributed by atoms with Crippen molar-refractivity contribution < 1.29 is 9.47 Å². The van der Waals surface area contributed by atoms with Gasteiger partial charge in [0, 0.05) is 26.7 Å². The fourth-order valence-electron chi connectivity index (χ4n) is 1.79. The quantitative estimate of drug-likeness (QED) is 0.193. The maximum atomic E-state index is 5.50. The van der Waals surface area contributed by atoms with Crippen molar-refractivity contribution in [1.29, 1.82) is 0 Å². The highest BCUT2D eigenvalue weighted by Crippen LogP contribution is 1.96. The van der Waals surface area contributed by atoms with Crippen LogP contribution >= 0.6 is 24.0 Å². The van der Waals surface area contributed by atoms with Crippen molar-refractivity contribution in [3.8, 4) is 0 Å². The van der Waals surface area contributed by atoms with Crippen molar-refractivity contribution in [1.82, 2.24) is 10.6 Å². The molecule has 0 aliphatic rings. The molecule has 5 nitrogen and oxygen atoms in total. The summed E-state index contributed by atoms with van der Waals surface area (Å²) >= 11 is 0. The second kappa shape index (κ2) is 20.9. The number of ether oxygens (including phenoxy) is 2. The summed E-state index contributed by atoms with van der Waals surface area (Å²) in [6.45, 7) is 8.99. The Morgan fingerprint density at radius 1 is 0.773 bits per heavy atom. The van der Waals surface area contributed by atoms with Crippen LogP contribution in [0.5, 0.6) is 0 Å². The molecule has 0 saturated carbocycles. The molecule has 0 spiro atoms. The lowest BCUT2D eigenvalue weighted by Crippen LogP contribution is -2.39. The fourth-order valence-corrected chi connectivity index (χ4v) is 1.79. The van der Waals surface area contributed by atoms with Crippen LogP contribution in [-0.4, -0.2) is 52.5 Å². The molecule has 6 heteroatoms. The van der Waals surface area contributed by atoms with Gasteiger partial charge in [0.1, 0.15) is 0 Å². The topological polar surface area (TPSA) is 54.9 Å². The van der Waals surface area contributed by atoms with Gasteiger partial charge in [-0.15, -0.1) is 24.0 Å². The molecule has 0 aromatic rings. The van der Waals surface area contributed by atoms with Gasteiger partial charge in [0.2, 0.25) is 0 Å². The third-order valence-electron chi connectivity index (χ3n) is 3.10. The van der Waals surface area contributed by atoms with Crippen LogP contribution in [0.3, 0.4) is 0 Å². The molecule has 0 aliphatic heterocycles. The highest BCUT2D eigenvalue weighted by Gasteiger charge is 1.96. The van der Waals surface area contributed by atoms with Gasteiger partial charge in [-0.05, 0) is 12.8 Å². The summed E-state index contributed by atoms with van der Waals surface area (Å²) in [4.78, 5) is 4.19. The molecule has 0 aliphatic carbocycles. The number of hydrogen-bond donors (Lipinski definition) is 2. The first kappa shape index (κ1) is 24.2. The monoisotopic (exact) mass is 429 g/mol. The first-order valence-electron chi connectivity index (χ1n) is 8.45. The van der Waals surface area contributed by atoms with Gasteiger partial charge in [0.15, 0.2) is 5.96 Å². The van der Waals surface area contributed by atoms with Gasteiger partial charge >= 0.3 is 0 Å². The molecule has 0 unspecified atom stereocenters. The number of rotatable bonds is 14. The van der Waals surface area contributed by atoms with Gasteiger partial charge in [-0.1, -0.05) is 39.5 Å². The van der Waals surface area contributed by atoms with Gasteiger partial charge in [-0.2, -0.15) is 0 Å². The third-order valence-corrected chi connectivity index (χ3v) is 3.10. The summed E-state index contributed by atoms with van der Waals surface area (Å²) in [6, 6.07) is 0. The number of unbranched alkanes of at least 4 members (excludes halogenated alkanes) is 4. The Labute approximate surface area is 154 Å². The number of nitrogens with one attached hydrogen (secondary N) is 2. The van der Waals surface area contributed by atoms with Gasteiger partial charge in [0.25, 0.3) is 0 Å². The van der Waals surface area contributed by atoms with E-state index in [1.807, 2.05) is 0 Å². The normalized spacial score (nSPS) is 11.1. The molecule has 0 atom stereocenters.